The maximum Gasteiger partial charge on any atom is 0.416 e. The molecule has 0 aliphatic rings. The van der Waals surface area contributed by atoms with Gasteiger partial charge in [-0.05, 0) is 32.0 Å². The zero-order valence-electron chi connectivity index (χ0n) is 13.5. The number of aromatic nitrogens is 2. The lowest BCUT2D eigenvalue weighted by molar-refractivity contribution is -0.137. The van der Waals surface area contributed by atoms with E-state index in [4.69, 9.17) is 5.11 Å². The number of aliphatic hydroxyl groups is 1. The minimum atomic E-state index is -4.53. The third-order valence-corrected chi connectivity index (χ3v) is 3.39. The van der Waals surface area contributed by atoms with Crippen LogP contribution in [0.4, 0.5) is 13.2 Å². The fraction of sp³-hybridized carbons (Fsp3) is 0.312. The van der Waals surface area contributed by atoms with Crippen LogP contribution in [0.25, 0.3) is 5.69 Å². The maximum absolute atomic E-state index is 12.9. The number of benzene rings is 1. The van der Waals surface area contributed by atoms with Crippen molar-refractivity contribution in [2.45, 2.75) is 26.1 Å². The molecule has 9 heteroatoms. The van der Waals surface area contributed by atoms with E-state index in [-0.39, 0.29) is 18.0 Å². The van der Waals surface area contributed by atoms with Crippen molar-refractivity contribution in [3.63, 3.8) is 0 Å². The fourth-order valence-electron chi connectivity index (χ4n) is 2.12. The van der Waals surface area contributed by atoms with E-state index in [1.165, 1.54) is 26.0 Å². The summed E-state index contributed by atoms with van der Waals surface area (Å²) in [7, 11) is 0. The van der Waals surface area contributed by atoms with E-state index in [0.717, 1.165) is 22.9 Å². The number of aryl methyl sites for hydroxylation is 1. The summed E-state index contributed by atoms with van der Waals surface area (Å²) < 4.78 is 39.7. The second-order valence-electron chi connectivity index (χ2n) is 5.52. The van der Waals surface area contributed by atoms with Crippen LogP contribution in [0.2, 0.25) is 0 Å². The van der Waals surface area contributed by atoms with Gasteiger partial charge in [0, 0.05) is 17.8 Å². The number of carbonyl (C=O) groups is 1. The largest absolute Gasteiger partial charge is 0.416 e. The molecule has 6 nitrogen and oxygen atoms in total. The van der Waals surface area contributed by atoms with Gasteiger partial charge in [-0.1, -0.05) is 6.07 Å². The Labute approximate surface area is 140 Å². The van der Waals surface area contributed by atoms with Gasteiger partial charge in [0.2, 0.25) is 5.43 Å². The first-order valence-electron chi connectivity index (χ1n) is 7.34. The minimum absolute atomic E-state index is 0.0663. The number of carbonyl (C=O) groups excluding carboxylic acids is 1. The minimum Gasteiger partial charge on any atom is -0.394 e. The van der Waals surface area contributed by atoms with Crippen LogP contribution in [0, 0.1) is 6.92 Å². The average molecular weight is 355 g/mol. The van der Waals surface area contributed by atoms with Gasteiger partial charge < -0.3 is 10.4 Å². The van der Waals surface area contributed by atoms with Crippen LogP contribution in [0.5, 0.6) is 0 Å². The zero-order valence-corrected chi connectivity index (χ0v) is 13.5. The lowest BCUT2D eigenvalue weighted by Crippen LogP contribution is -2.39. The van der Waals surface area contributed by atoms with Crippen LogP contribution >= 0.6 is 0 Å². The number of aliphatic hydroxyl groups excluding tert-OH is 1. The topological polar surface area (TPSA) is 84.2 Å². The summed E-state index contributed by atoms with van der Waals surface area (Å²) >= 11 is 0. The fourth-order valence-corrected chi connectivity index (χ4v) is 2.12. The smallest absolute Gasteiger partial charge is 0.394 e. The van der Waals surface area contributed by atoms with Crippen LogP contribution in [-0.2, 0) is 6.18 Å². The molecule has 0 bridgehead atoms. The Morgan fingerprint density at radius 1 is 1.36 bits per heavy atom. The van der Waals surface area contributed by atoms with Gasteiger partial charge in [-0.3, -0.25) is 9.59 Å². The summed E-state index contributed by atoms with van der Waals surface area (Å²) in [4.78, 5) is 24.1. The number of nitrogens with one attached hydrogen (secondary N) is 1. The SMILES string of the molecule is Cc1cc(=O)c(C(=O)NC(C)CO)nn1-c1cccc(C(F)(F)F)c1. The molecule has 1 aromatic carbocycles. The van der Waals surface area contributed by atoms with E-state index < -0.39 is 34.8 Å². The normalized spacial score (nSPS) is 12.7. The van der Waals surface area contributed by atoms with Crippen molar-refractivity contribution < 1.29 is 23.1 Å². The molecule has 25 heavy (non-hydrogen) atoms. The molecule has 2 aromatic rings. The van der Waals surface area contributed by atoms with Gasteiger partial charge in [0.05, 0.1) is 17.9 Å². The van der Waals surface area contributed by atoms with Gasteiger partial charge in [-0.25, -0.2) is 4.68 Å². The Morgan fingerprint density at radius 2 is 2.04 bits per heavy atom. The van der Waals surface area contributed by atoms with Crippen molar-refractivity contribution in [1.82, 2.24) is 15.1 Å². The van der Waals surface area contributed by atoms with Gasteiger partial charge in [-0.15, -0.1) is 0 Å². The van der Waals surface area contributed by atoms with Crippen LogP contribution in [0.15, 0.2) is 35.1 Å². The van der Waals surface area contributed by atoms with Crippen molar-refractivity contribution in [2.75, 3.05) is 6.61 Å². The first kappa shape index (κ1) is 18.7. The highest BCUT2D eigenvalue weighted by atomic mass is 19.4. The molecule has 0 aliphatic heterocycles. The van der Waals surface area contributed by atoms with Crippen LogP contribution in [0.1, 0.15) is 28.7 Å². The Hall–Kier alpha value is -2.68. The Balaban J connectivity index is 2.51. The van der Waals surface area contributed by atoms with E-state index in [2.05, 4.69) is 10.4 Å². The second kappa shape index (κ2) is 7.06. The predicted octanol–water partition coefficient (Wildman–Crippen LogP) is 1.67. The van der Waals surface area contributed by atoms with Crippen molar-refractivity contribution in [3.8, 4) is 5.69 Å². The quantitative estimate of drug-likeness (QED) is 0.874. The first-order valence-corrected chi connectivity index (χ1v) is 7.34. The highest BCUT2D eigenvalue weighted by molar-refractivity contribution is 5.92. The van der Waals surface area contributed by atoms with Gasteiger partial charge >= 0.3 is 6.18 Å². The molecule has 1 amide bonds. The lowest BCUT2D eigenvalue weighted by Gasteiger charge is -2.14. The van der Waals surface area contributed by atoms with Gasteiger partial charge in [0.25, 0.3) is 5.91 Å². The molecule has 2 rings (SSSR count). The Kier molecular flexibility index (Phi) is 5.27. The third kappa shape index (κ3) is 4.24. The monoisotopic (exact) mass is 355 g/mol. The molecule has 1 unspecified atom stereocenters. The molecule has 0 saturated heterocycles. The summed E-state index contributed by atoms with van der Waals surface area (Å²) in [6, 6.07) is 4.91. The number of hydrogen-bond acceptors (Lipinski definition) is 4. The molecule has 1 atom stereocenters. The Bertz CT molecular complexity index is 846. The number of halogens is 3. The second-order valence-corrected chi connectivity index (χ2v) is 5.52. The van der Waals surface area contributed by atoms with Crippen molar-refractivity contribution in [2.24, 2.45) is 0 Å². The van der Waals surface area contributed by atoms with Crippen molar-refractivity contribution >= 4 is 5.91 Å². The maximum atomic E-state index is 12.9. The predicted molar refractivity (Wildman–Crippen MR) is 83.6 cm³/mol. The van der Waals surface area contributed by atoms with E-state index in [1.54, 1.807) is 0 Å². The molecule has 1 heterocycles. The summed E-state index contributed by atoms with van der Waals surface area (Å²) in [5, 5.41) is 15.2. The van der Waals surface area contributed by atoms with Crippen LogP contribution in [-0.4, -0.2) is 33.4 Å². The first-order chi connectivity index (χ1) is 11.6. The molecule has 0 saturated carbocycles. The summed E-state index contributed by atoms with van der Waals surface area (Å²) in [5.41, 5.74) is -1.66. The molecule has 0 spiro atoms. The lowest BCUT2D eigenvalue weighted by atomic mass is 10.2. The summed E-state index contributed by atoms with van der Waals surface area (Å²) in [6.07, 6.45) is -4.53. The molecule has 0 radical (unpaired) electrons. The van der Waals surface area contributed by atoms with Crippen LogP contribution in [0.3, 0.4) is 0 Å². The molecule has 0 fully saturated rings. The molecule has 1 aromatic heterocycles. The number of alkyl halides is 3. The highest BCUT2D eigenvalue weighted by Gasteiger charge is 2.30. The number of nitrogens with zero attached hydrogens (tertiary/aromatic N) is 2. The van der Waals surface area contributed by atoms with Crippen molar-refractivity contribution in [3.05, 3.63) is 57.5 Å². The van der Waals surface area contributed by atoms with Crippen LogP contribution < -0.4 is 10.7 Å². The third-order valence-electron chi connectivity index (χ3n) is 3.39. The highest BCUT2D eigenvalue weighted by Crippen LogP contribution is 2.30. The Morgan fingerprint density at radius 3 is 2.64 bits per heavy atom. The summed E-state index contributed by atoms with van der Waals surface area (Å²) in [6.45, 7) is 2.68. The number of amides is 1. The van der Waals surface area contributed by atoms with Gasteiger partial charge in [0.1, 0.15) is 0 Å². The van der Waals surface area contributed by atoms with E-state index in [9.17, 15) is 22.8 Å². The molecule has 2 N–H and O–H groups in total. The zero-order chi connectivity index (χ0) is 18.8. The number of hydrogen-bond donors (Lipinski definition) is 2. The van der Waals surface area contributed by atoms with Crippen molar-refractivity contribution in [1.29, 1.82) is 0 Å². The standard InChI is InChI=1S/C16H16F3N3O3/c1-9(8-23)20-15(25)14-13(24)6-10(2)22(21-14)12-5-3-4-11(7-12)16(17,18)19/h3-7,9,23H,8H2,1-2H3,(H,20,25). The number of rotatable bonds is 4. The van der Waals surface area contributed by atoms with Gasteiger partial charge in [0.15, 0.2) is 5.69 Å². The van der Waals surface area contributed by atoms with Gasteiger partial charge in [-0.2, -0.15) is 18.3 Å². The molecule has 134 valence electrons. The molecular weight excluding hydrogens is 339 g/mol. The van der Waals surface area contributed by atoms with E-state index >= 15 is 0 Å². The average Bonchev–Trinajstić information content (AvgIpc) is 2.54. The van der Waals surface area contributed by atoms with E-state index in [0.29, 0.717) is 0 Å². The summed E-state index contributed by atoms with van der Waals surface area (Å²) in [5.74, 6) is -0.813. The molecular formula is C16H16F3N3O3. The molecule has 0 aliphatic carbocycles. The van der Waals surface area contributed by atoms with E-state index in [1.807, 2.05) is 0 Å².